The molecule has 0 bridgehead atoms. The Kier molecular flexibility index (Phi) is 5.89. The van der Waals surface area contributed by atoms with E-state index in [-0.39, 0.29) is 43.3 Å². The van der Waals surface area contributed by atoms with Gasteiger partial charge in [0.1, 0.15) is 4.88 Å². The molecule has 10 heteroatoms. The zero-order chi connectivity index (χ0) is 23.7. The maximum absolute atomic E-state index is 13.0. The number of fused-ring (bicyclic) bond motifs is 1. The number of hydrogen-bond acceptors (Lipinski definition) is 8. The van der Waals surface area contributed by atoms with Gasteiger partial charge >= 0.3 is 5.97 Å². The van der Waals surface area contributed by atoms with Gasteiger partial charge in [0.2, 0.25) is 18.6 Å². The molecule has 34 heavy (non-hydrogen) atoms. The number of aromatic nitrogens is 1. The lowest BCUT2D eigenvalue weighted by Gasteiger charge is -2.17. The van der Waals surface area contributed by atoms with Gasteiger partial charge in [-0.1, -0.05) is 41.7 Å². The first-order valence-electron chi connectivity index (χ1n) is 10.8. The monoisotopic (exact) mass is 479 g/mol. The van der Waals surface area contributed by atoms with Gasteiger partial charge in [-0.3, -0.25) is 9.59 Å². The lowest BCUT2D eigenvalue weighted by atomic mass is 10.1. The zero-order valence-electron chi connectivity index (χ0n) is 18.3. The SMILES string of the molecule is CCOC(=O)c1sc(NC(=O)C2CC(=O)N(c3ccc4c(c3)OCO4)C2)nc1-c1ccccc1. The minimum atomic E-state index is -0.562. The summed E-state index contributed by atoms with van der Waals surface area (Å²) >= 11 is 1.05. The second-order valence-corrected chi connectivity index (χ2v) is 8.71. The third kappa shape index (κ3) is 4.19. The highest BCUT2D eigenvalue weighted by molar-refractivity contribution is 7.18. The standard InChI is InChI=1S/C24H21N3O6S/c1-2-31-23(30)21-20(14-6-4-3-5-7-14)25-24(34-21)26-22(29)15-10-19(28)27(12-15)16-8-9-17-18(11-16)33-13-32-17/h3-9,11,15H,2,10,12-13H2,1H3,(H,25,26,29). The highest BCUT2D eigenvalue weighted by atomic mass is 32.1. The normalized spacial score (nSPS) is 16.6. The van der Waals surface area contributed by atoms with Gasteiger partial charge in [-0.2, -0.15) is 0 Å². The van der Waals surface area contributed by atoms with Crippen molar-refractivity contribution in [3.63, 3.8) is 0 Å². The minimum Gasteiger partial charge on any atom is -0.462 e. The van der Waals surface area contributed by atoms with Gasteiger partial charge in [0.15, 0.2) is 16.6 Å². The minimum absolute atomic E-state index is 0.0714. The number of anilines is 2. The quantitative estimate of drug-likeness (QED) is 0.537. The first-order chi connectivity index (χ1) is 16.5. The summed E-state index contributed by atoms with van der Waals surface area (Å²) in [6.45, 7) is 2.33. The molecule has 3 heterocycles. The van der Waals surface area contributed by atoms with Crippen LogP contribution in [0.3, 0.4) is 0 Å². The molecule has 2 amide bonds. The number of benzene rings is 2. The molecule has 1 aromatic heterocycles. The molecule has 0 saturated carbocycles. The summed E-state index contributed by atoms with van der Waals surface area (Å²) in [7, 11) is 0. The molecule has 2 aliphatic heterocycles. The van der Waals surface area contributed by atoms with Crippen LogP contribution in [0, 0.1) is 5.92 Å². The number of nitrogens with one attached hydrogen (secondary N) is 1. The summed E-state index contributed by atoms with van der Waals surface area (Å²) in [5.41, 5.74) is 1.84. The van der Waals surface area contributed by atoms with Crippen LogP contribution >= 0.6 is 11.3 Å². The molecular formula is C24H21N3O6S. The molecule has 5 rings (SSSR count). The van der Waals surface area contributed by atoms with E-state index in [2.05, 4.69) is 10.3 Å². The van der Waals surface area contributed by atoms with Crippen LogP contribution in [0.25, 0.3) is 11.3 Å². The van der Waals surface area contributed by atoms with Crippen molar-refractivity contribution >= 4 is 39.9 Å². The highest BCUT2D eigenvalue weighted by Gasteiger charge is 2.36. The summed E-state index contributed by atoms with van der Waals surface area (Å²) in [6, 6.07) is 14.5. The number of carbonyl (C=O) groups excluding carboxylic acids is 3. The number of nitrogens with zero attached hydrogens (tertiary/aromatic N) is 2. The molecule has 1 saturated heterocycles. The Morgan fingerprint density at radius 1 is 1.18 bits per heavy atom. The maximum Gasteiger partial charge on any atom is 0.350 e. The van der Waals surface area contributed by atoms with Crippen LogP contribution in [0.2, 0.25) is 0 Å². The summed E-state index contributed by atoms with van der Waals surface area (Å²) in [5.74, 6) is -0.353. The van der Waals surface area contributed by atoms with E-state index in [0.717, 1.165) is 16.9 Å². The molecule has 2 aromatic carbocycles. The Morgan fingerprint density at radius 2 is 1.97 bits per heavy atom. The fourth-order valence-corrected chi connectivity index (χ4v) is 4.78. The van der Waals surface area contributed by atoms with Gasteiger partial charge in [-0.05, 0) is 19.1 Å². The summed E-state index contributed by atoms with van der Waals surface area (Å²) in [5, 5.41) is 3.06. The van der Waals surface area contributed by atoms with Crippen molar-refractivity contribution in [2.75, 3.05) is 30.2 Å². The Balaban J connectivity index is 1.33. The molecule has 0 aliphatic carbocycles. The third-order valence-electron chi connectivity index (χ3n) is 5.53. The second kappa shape index (κ2) is 9.14. The van der Waals surface area contributed by atoms with Gasteiger partial charge in [-0.25, -0.2) is 9.78 Å². The lowest BCUT2D eigenvalue weighted by Crippen LogP contribution is -2.28. The average Bonchev–Trinajstić information content (AvgIpc) is 3.57. The van der Waals surface area contributed by atoms with E-state index in [1.165, 1.54) is 0 Å². The Morgan fingerprint density at radius 3 is 2.76 bits per heavy atom. The molecule has 174 valence electrons. The molecule has 0 radical (unpaired) electrons. The highest BCUT2D eigenvalue weighted by Crippen LogP contribution is 2.37. The number of thiazole rings is 1. The largest absolute Gasteiger partial charge is 0.462 e. The van der Waals surface area contributed by atoms with Gasteiger partial charge < -0.3 is 24.4 Å². The van der Waals surface area contributed by atoms with E-state index in [1.54, 1.807) is 30.0 Å². The summed E-state index contributed by atoms with van der Waals surface area (Å²) in [6.07, 6.45) is 0.0714. The zero-order valence-corrected chi connectivity index (χ0v) is 19.1. The Bertz CT molecular complexity index is 1260. The smallest absolute Gasteiger partial charge is 0.350 e. The van der Waals surface area contributed by atoms with Crippen molar-refractivity contribution in [3.05, 3.63) is 53.4 Å². The van der Waals surface area contributed by atoms with Crippen LogP contribution in [0.4, 0.5) is 10.8 Å². The van der Waals surface area contributed by atoms with Crippen LogP contribution in [0.5, 0.6) is 11.5 Å². The van der Waals surface area contributed by atoms with Gasteiger partial charge in [0.05, 0.1) is 18.2 Å². The molecular weight excluding hydrogens is 458 g/mol. The fraction of sp³-hybridized carbons (Fsp3) is 0.250. The van der Waals surface area contributed by atoms with Crippen LogP contribution < -0.4 is 19.7 Å². The van der Waals surface area contributed by atoms with Crippen molar-refractivity contribution in [2.45, 2.75) is 13.3 Å². The number of amides is 2. The first-order valence-corrected chi connectivity index (χ1v) is 11.6. The third-order valence-corrected chi connectivity index (χ3v) is 6.48. The predicted molar refractivity (Wildman–Crippen MR) is 125 cm³/mol. The number of carbonyl (C=O) groups is 3. The maximum atomic E-state index is 13.0. The van der Waals surface area contributed by atoms with Crippen LogP contribution in [-0.2, 0) is 14.3 Å². The van der Waals surface area contributed by atoms with Crippen molar-refractivity contribution in [2.24, 2.45) is 5.92 Å². The van der Waals surface area contributed by atoms with Gasteiger partial charge in [0, 0.05) is 30.3 Å². The molecule has 2 aliphatic rings. The Hall–Kier alpha value is -3.92. The van der Waals surface area contributed by atoms with Crippen molar-refractivity contribution in [3.8, 4) is 22.8 Å². The fourth-order valence-electron chi connectivity index (χ4n) is 3.89. The summed E-state index contributed by atoms with van der Waals surface area (Å²) < 4.78 is 15.9. The van der Waals surface area contributed by atoms with E-state index >= 15 is 0 Å². The summed E-state index contributed by atoms with van der Waals surface area (Å²) in [4.78, 5) is 44.5. The lowest BCUT2D eigenvalue weighted by molar-refractivity contribution is -0.122. The average molecular weight is 480 g/mol. The van der Waals surface area contributed by atoms with Crippen molar-refractivity contribution < 1.29 is 28.6 Å². The molecule has 3 aromatic rings. The first kappa shape index (κ1) is 21.9. The van der Waals surface area contributed by atoms with E-state index in [1.807, 2.05) is 30.3 Å². The van der Waals surface area contributed by atoms with Crippen LogP contribution in [0.15, 0.2) is 48.5 Å². The predicted octanol–water partition coefficient (Wildman–Crippen LogP) is 3.71. The molecule has 9 nitrogen and oxygen atoms in total. The molecule has 1 unspecified atom stereocenters. The topological polar surface area (TPSA) is 107 Å². The molecule has 1 atom stereocenters. The van der Waals surface area contributed by atoms with E-state index in [4.69, 9.17) is 14.2 Å². The number of esters is 1. The van der Waals surface area contributed by atoms with E-state index in [9.17, 15) is 14.4 Å². The molecule has 0 spiro atoms. The van der Waals surface area contributed by atoms with E-state index in [0.29, 0.717) is 27.8 Å². The van der Waals surface area contributed by atoms with Crippen molar-refractivity contribution in [1.82, 2.24) is 4.98 Å². The number of hydrogen-bond donors (Lipinski definition) is 1. The van der Waals surface area contributed by atoms with Gasteiger partial charge in [0.25, 0.3) is 0 Å². The van der Waals surface area contributed by atoms with Crippen LogP contribution in [0.1, 0.15) is 23.0 Å². The van der Waals surface area contributed by atoms with Gasteiger partial charge in [-0.15, -0.1) is 0 Å². The molecule has 1 N–H and O–H groups in total. The van der Waals surface area contributed by atoms with Crippen molar-refractivity contribution in [1.29, 1.82) is 0 Å². The van der Waals surface area contributed by atoms with E-state index < -0.39 is 11.9 Å². The van der Waals surface area contributed by atoms with Crippen LogP contribution in [-0.4, -0.2) is 42.7 Å². The molecule has 1 fully saturated rings. The Labute approximate surface area is 199 Å². The second-order valence-electron chi connectivity index (χ2n) is 7.72. The number of ether oxygens (including phenoxy) is 3. The number of rotatable bonds is 6.